The Morgan fingerprint density at radius 2 is 1.74 bits per heavy atom. The number of hydrogen-bond donors (Lipinski definition) is 1. The highest BCUT2D eigenvalue weighted by atomic mass is 19.1. The molecule has 3 rings (SSSR count). The molecule has 0 saturated carbocycles. The summed E-state index contributed by atoms with van der Waals surface area (Å²) in [5, 5.41) is 6.56. The lowest BCUT2D eigenvalue weighted by atomic mass is 9.77. The highest BCUT2D eigenvalue weighted by Crippen LogP contribution is 2.37. The number of hydrogen-bond acceptors (Lipinski definition) is 6. The quantitative estimate of drug-likeness (QED) is 0.745. The molecule has 1 aliphatic rings. The Hall–Kier alpha value is -2.26. The van der Waals surface area contributed by atoms with Gasteiger partial charge in [0.25, 0.3) is 11.7 Å². The molecular formula is C22H31BFN3O4. The largest absolute Gasteiger partial charge is 0.497 e. The zero-order chi connectivity index (χ0) is 23.4. The Labute approximate surface area is 183 Å². The second-order valence-electron chi connectivity index (χ2n) is 10.2. The van der Waals surface area contributed by atoms with Crippen molar-refractivity contribution in [3.05, 3.63) is 40.8 Å². The van der Waals surface area contributed by atoms with E-state index in [-0.39, 0.29) is 11.2 Å². The van der Waals surface area contributed by atoms with Gasteiger partial charge in [-0.3, -0.25) is 4.79 Å². The number of aromatic nitrogens is 2. The van der Waals surface area contributed by atoms with Gasteiger partial charge in [0.15, 0.2) is 0 Å². The second kappa shape index (κ2) is 7.71. The predicted octanol–water partition coefficient (Wildman–Crippen LogP) is 3.60. The van der Waals surface area contributed by atoms with Gasteiger partial charge in [-0.15, -0.1) is 0 Å². The fourth-order valence-corrected chi connectivity index (χ4v) is 3.30. The molecule has 1 saturated heterocycles. The van der Waals surface area contributed by atoms with Gasteiger partial charge in [0.1, 0.15) is 5.82 Å². The van der Waals surface area contributed by atoms with Crippen molar-refractivity contribution in [2.45, 2.75) is 85.0 Å². The van der Waals surface area contributed by atoms with E-state index in [9.17, 15) is 4.79 Å². The van der Waals surface area contributed by atoms with Crippen molar-refractivity contribution >= 4 is 18.5 Å². The van der Waals surface area contributed by atoms with Crippen LogP contribution in [0, 0.1) is 12.7 Å². The van der Waals surface area contributed by atoms with Crippen molar-refractivity contribution in [1.82, 2.24) is 15.5 Å². The smallest absolute Gasteiger partial charge is 0.399 e. The van der Waals surface area contributed by atoms with E-state index in [1.165, 1.54) is 6.07 Å². The van der Waals surface area contributed by atoms with E-state index < -0.39 is 36.1 Å². The third kappa shape index (κ3) is 4.53. The minimum Gasteiger partial charge on any atom is -0.399 e. The lowest BCUT2D eigenvalue weighted by Crippen LogP contribution is -2.41. The minimum atomic E-state index is -0.794. The van der Waals surface area contributed by atoms with Crippen molar-refractivity contribution in [2.75, 3.05) is 0 Å². The maximum atomic E-state index is 15.0. The zero-order valence-electron chi connectivity index (χ0n) is 19.7. The molecule has 1 aliphatic heterocycles. The average Bonchev–Trinajstić information content (AvgIpc) is 3.19. The molecule has 0 bridgehead atoms. The standard InChI is InChI=1S/C22H31BFN3O4/c1-12-10-15(23-30-21(6,7)22(8,9)31-23)16(24)11-14(12)13(2)25-18(28)17-26-19(29-27-17)20(3,4)5/h10-11,13H,1-9H3,(H,25,28)/t13-/m1/s1. The number of halogens is 1. The van der Waals surface area contributed by atoms with Gasteiger partial charge in [0.05, 0.1) is 17.2 Å². The Morgan fingerprint density at radius 1 is 1.16 bits per heavy atom. The van der Waals surface area contributed by atoms with Gasteiger partial charge in [-0.25, -0.2) is 4.39 Å². The van der Waals surface area contributed by atoms with Gasteiger partial charge in [0, 0.05) is 10.9 Å². The van der Waals surface area contributed by atoms with Crippen LogP contribution in [-0.4, -0.2) is 34.4 Å². The zero-order valence-corrected chi connectivity index (χ0v) is 19.7. The summed E-state index contributed by atoms with van der Waals surface area (Å²) in [6, 6.07) is 2.66. The highest BCUT2D eigenvalue weighted by Gasteiger charge is 2.52. The number of amides is 1. The molecule has 31 heavy (non-hydrogen) atoms. The monoisotopic (exact) mass is 431 g/mol. The predicted molar refractivity (Wildman–Crippen MR) is 116 cm³/mol. The fraction of sp³-hybridized carbons (Fsp3) is 0.591. The van der Waals surface area contributed by atoms with E-state index in [2.05, 4.69) is 15.5 Å². The van der Waals surface area contributed by atoms with E-state index in [4.69, 9.17) is 13.8 Å². The SMILES string of the molecule is Cc1cc(B2OC(C)(C)C(C)(C)O2)c(F)cc1[C@@H](C)NC(=O)c1noc(C(C)(C)C)n1. The van der Waals surface area contributed by atoms with Crippen molar-refractivity contribution in [3.63, 3.8) is 0 Å². The summed E-state index contributed by atoms with van der Waals surface area (Å²) < 4.78 is 32.2. The van der Waals surface area contributed by atoms with Crippen LogP contribution in [0.4, 0.5) is 4.39 Å². The summed E-state index contributed by atoms with van der Waals surface area (Å²) in [5.41, 5.74) is 0.308. The van der Waals surface area contributed by atoms with Crippen LogP contribution in [0.2, 0.25) is 0 Å². The van der Waals surface area contributed by atoms with Crippen molar-refractivity contribution in [2.24, 2.45) is 0 Å². The van der Waals surface area contributed by atoms with Crippen molar-refractivity contribution in [3.8, 4) is 0 Å². The molecule has 1 aromatic heterocycles. The van der Waals surface area contributed by atoms with E-state index in [1.807, 2.05) is 55.4 Å². The number of carbonyl (C=O) groups excluding carboxylic acids is 1. The molecule has 1 N–H and O–H groups in total. The van der Waals surface area contributed by atoms with Gasteiger partial charge < -0.3 is 19.1 Å². The third-order valence-corrected chi connectivity index (χ3v) is 5.98. The van der Waals surface area contributed by atoms with E-state index in [0.29, 0.717) is 16.9 Å². The lowest BCUT2D eigenvalue weighted by Gasteiger charge is -2.32. The van der Waals surface area contributed by atoms with Gasteiger partial charge >= 0.3 is 7.12 Å². The Kier molecular flexibility index (Phi) is 5.82. The maximum absolute atomic E-state index is 15.0. The maximum Gasteiger partial charge on any atom is 0.497 e. The first kappa shape index (κ1) is 23.4. The van der Waals surface area contributed by atoms with Crippen LogP contribution in [0.5, 0.6) is 0 Å². The number of nitrogens with one attached hydrogen (secondary N) is 1. The van der Waals surface area contributed by atoms with Crippen LogP contribution >= 0.6 is 0 Å². The number of benzene rings is 1. The Bertz CT molecular complexity index is 981. The van der Waals surface area contributed by atoms with Gasteiger partial charge in [-0.05, 0) is 58.7 Å². The van der Waals surface area contributed by atoms with Crippen LogP contribution in [0.15, 0.2) is 16.7 Å². The molecule has 1 fully saturated rings. The van der Waals surface area contributed by atoms with Gasteiger partial charge in [-0.1, -0.05) is 32.0 Å². The molecular weight excluding hydrogens is 400 g/mol. The van der Waals surface area contributed by atoms with Crippen molar-refractivity contribution < 1.29 is 23.0 Å². The van der Waals surface area contributed by atoms with E-state index in [1.54, 1.807) is 13.0 Å². The molecule has 2 heterocycles. The number of rotatable bonds is 4. The number of carbonyl (C=O) groups is 1. The van der Waals surface area contributed by atoms with E-state index in [0.717, 1.165) is 5.56 Å². The topological polar surface area (TPSA) is 86.5 Å². The summed E-state index contributed by atoms with van der Waals surface area (Å²) >= 11 is 0. The van der Waals surface area contributed by atoms with Crippen molar-refractivity contribution in [1.29, 1.82) is 0 Å². The van der Waals surface area contributed by atoms with Crippen LogP contribution in [0.1, 0.15) is 89.1 Å². The minimum absolute atomic E-state index is 0.0521. The summed E-state index contributed by atoms with van der Waals surface area (Å²) in [5.74, 6) is -0.612. The van der Waals surface area contributed by atoms with Crippen LogP contribution < -0.4 is 10.8 Å². The van der Waals surface area contributed by atoms with Gasteiger partial charge in [-0.2, -0.15) is 4.98 Å². The van der Waals surface area contributed by atoms with E-state index >= 15 is 4.39 Å². The molecule has 0 spiro atoms. The average molecular weight is 431 g/mol. The number of aryl methyl sites for hydroxylation is 1. The molecule has 0 aliphatic carbocycles. The highest BCUT2D eigenvalue weighted by molar-refractivity contribution is 6.62. The second-order valence-corrected chi connectivity index (χ2v) is 10.2. The first-order valence-electron chi connectivity index (χ1n) is 10.4. The lowest BCUT2D eigenvalue weighted by molar-refractivity contribution is 0.00578. The normalized spacial score (nSPS) is 18.8. The molecule has 9 heteroatoms. The van der Waals surface area contributed by atoms with Crippen LogP contribution in [0.3, 0.4) is 0 Å². The summed E-state index contributed by atoms with van der Waals surface area (Å²) in [6.07, 6.45) is 0. The molecule has 2 aromatic rings. The number of nitrogens with zero attached hydrogens (tertiary/aromatic N) is 2. The molecule has 0 radical (unpaired) electrons. The Balaban J connectivity index is 1.78. The summed E-state index contributed by atoms with van der Waals surface area (Å²) in [6.45, 7) is 17.1. The molecule has 1 atom stereocenters. The van der Waals surface area contributed by atoms with Gasteiger partial charge in [0.2, 0.25) is 5.89 Å². The first-order chi connectivity index (χ1) is 14.1. The first-order valence-corrected chi connectivity index (χ1v) is 10.4. The van der Waals surface area contributed by atoms with Crippen LogP contribution in [-0.2, 0) is 14.7 Å². The summed E-state index contributed by atoms with van der Waals surface area (Å²) in [7, 11) is -0.794. The molecule has 7 nitrogen and oxygen atoms in total. The Morgan fingerprint density at radius 3 is 2.26 bits per heavy atom. The van der Waals surface area contributed by atoms with Crippen LogP contribution in [0.25, 0.3) is 0 Å². The summed E-state index contributed by atoms with van der Waals surface area (Å²) in [4.78, 5) is 16.7. The molecule has 0 unspecified atom stereocenters. The third-order valence-electron chi connectivity index (χ3n) is 5.98. The fourth-order valence-electron chi connectivity index (χ4n) is 3.30. The molecule has 168 valence electrons. The molecule has 1 aromatic carbocycles. The molecule has 1 amide bonds.